The number of aromatic nitrogens is 2. The van der Waals surface area contributed by atoms with E-state index in [1.54, 1.807) is 0 Å². The second-order valence-electron chi connectivity index (χ2n) is 4.49. The highest BCUT2D eigenvalue weighted by Crippen LogP contribution is 2.41. The lowest BCUT2D eigenvalue weighted by atomic mass is 9.71. The van der Waals surface area contributed by atoms with Crippen molar-refractivity contribution in [3.63, 3.8) is 0 Å². The van der Waals surface area contributed by atoms with Crippen molar-refractivity contribution in [2.75, 3.05) is 0 Å². The van der Waals surface area contributed by atoms with Crippen molar-refractivity contribution in [3.05, 3.63) is 21.9 Å². The van der Waals surface area contributed by atoms with Crippen LogP contribution in [0.5, 0.6) is 0 Å². The molecule has 1 saturated carbocycles. The van der Waals surface area contributed by atoms with Crippen molar-refractivity contribution in [3.8, 4) is 0 Å². The summed E-state index contributed by atoms with van der Waals surface area (Å²) in [6.45, 7) is 2.24. The molecule has 1 heterocycles. The minimum Gasteiger partial charge on any atom is -0.137 e. The summed E-state index contributed by atoms with van der Waals surface area (Å²) in [5.74, 6) is 0. The van der Waals surface area contributed by atoms with Crippen LogP contribution in [0.1, 0.15) is 44.6 Å². The van der Waals surface area contributed by atoms with E-state index in [9.17, 15) is 0 Å². The number of hydrogen-bond acceptors (Lipinski definition) is 2. The molecule has 0 aromatic carbocycles. The standard InChI is InChI=1S/C11H14Cl2N2/c1-11(5-3-2-4-6-11)8-7-9(12)14-15-10(8)13/h7H,2-6H2,1H3. The van der Waals surface area contributed by atoms with Crippen LogP contribution in [0.2, 0.25) is 10.3 Å². The third-order valence-corrected chi connectivity index (χ3v) is 3.79. The second kappa shape index (κ2) is 4.26. The van der Waals surface area contributed by atoms with Gasteiger partial charge >= 0.3 is 0 Å². The third kappa shape index (κ3) is 2.26. The van der Waals surface area contributed by atoms with E-state index >= 15 is 0 Å². The molecule has 2 nitrogen and oxygen atoms in total. The van der Waals surface area contributed by atoms with Crippen molar-refractivity contribution < 1.29 is 0 Å². The Morgan fingerprint density at radius 3 is 2.47 bits per heavy atom. The Bertz CT molecular complexity index is 360. The molecule has 0 aliphatic heterocycles. The molecule has 1 aromatic rings. The SMILES string of the molecule is CC1(c2cc(Cl)nnc2Cl)CCCCC1. The molecule has 1 fully saturated rings. The molecule has 0 radical (unpaired) electrons. The maximum absolute atomic E-state index is 6.09. The van der Waals surface area contributed by atoms with Gasteiger partial charge in [-0.1, -0.05) is 49.4 Å². The lowest BCUT2D eigenvalue weighted by Gasteiger charge is -2.34. The smallest absolute Gasteiger partial charge is 0.137 e. The summed E-state index contributed by atoms with van der Waals surface area (Å²) in [5, 5.41) is 8.57. The average Bonchev–Trinajstić information content (AvgIpc) is 2.23. The van der Waals surface area contributed by atoms with Crippen molar-refractivity contribution in [1.29, 1.82) is 0 Å². The van der Waals surface area contributed by atoms with Crippen molar-refractivity contribution >= 4 is 23.2 Å². The number of nitrogens with zero attached hydrogens (tertiary/aromatic N) is 2. The molecule has 0 spiro atoms. The van der Waals surface area contributed by atoms with Gasteiger partial charge in [-0.2, -0.15) is 0 Å². The molecule has 1 aliphatic rings. The van der Waals surface area contributed by atoms with Crippen LogP contribution in [0.25, 0.3) is 0 Å². The van der Waals surface area contributed by atoms with Gasteiger partial charge in [0.1, 0.15) is 0 Å². The van der Waals surface area contributed by atoms with Gasteiger partial charge in [0.2, 0.25) is 0 Å². The van der Waals surface area contributed by atoms with E-state index in [1.807, 2.05) is 6.07 Å². The fourth-order valence-corrected chi connectivity index (χ4v) is 2.85. The molecule has 1 aromatic heterocycles. The topological polar surface area (TPSA) is 25.8 Å². The van der Waals surface area contributed by atoms with Gasteiger partial charge in [-0.3, -0.25) is 0 Å². The van der Waals surface area contributed by atoms with Gasteiger partial charge in [0.25, 0.3) is 0 Å². The Labute approximate surface area is 100.0 Å². The van der Waals surface area contributed by atoms with Crippen LogP contribution in [0.3, 0.4) is 0 Å². The lowest BCUT2D eigenvalue weighted by Crippen LogP contribution is -2.25. The predicted octanol–water partition coefficient (Wildman–Crippen LogP) is 4.01. The first-order valence-corrected chi connectivity index (χ1v) is 6.07. The van der Waals surface area contributed by atoms with Gasteiger partial charge in [0.05, 0.1) is 0 Å². The third-order valence-electron chi connectivity index (χ3n) is 3.33. The largest absolute Gasteiger partial charge is 0.155 e. The van der Waals surface area contributed by atoms with E-state index in [-0.39, 0.29) is 5.41 Å². The highest BCUT2D eigenvalue weighted by molar-refractivity contribution is 6.31. The van der Waals surface area contributed by atoms with Crippen molar-refractivity contribution in [2.45, 2.75) is 44.4 Å². The molecule has 0 N–H and O–H groups in total. The number of rotatable bonds is 1. The minimum atomic E-state index is 0.134. The van der Waals surface area contributed by atoms with Gasteiger partial charge in [-0.05, 0) is 24.3 Å². The predicted molar refractivity (Wildman–Crippen MR) is 62.5 cm³/mol. The van der Waals surface area contributed by atoms with E-state index in [4.69, 9.17) is 23.2 Å². The maximum Gasteiger partial charge on any atom is 0.155 e. The fraction of sp³-hybridized carbons (Fsp3) is 0.636. The second-order valence-corrected chi connectivity index (χ2v) is 5.24. The molecule has 0 unspecified atom stereocenters. The van der Waals surface area contributed by atoms with E-state index in [1.165, 1.54) is 19.3 Å². The Kier molecular flexibility index (Phi) is 3.17. The van der Waals surface area contributed by atoms with Crippen LogP contribution >= 0.6 is 23.2 Å². The summed E-state index contributed by atoms with van der Waals surface area (Å²) < 4.78 is 0. The first-order valence-electron chi connectivity index (χ1n) is 5.31. The van der Waals surface area contributed by atoms with E-state index in [2.05, 4.69) is 17.1 Å². The zero-order valence-corrected chi connectivity index (χ0v) is 10.3. The minimum absolute atomic E-state index is 0.134. The summed E-state index contributed by atoms with van der Waals surface area (Å²) in [7, 11) is 0. The van der Waals surface area contributed by atoms with Gasteiger partial charge in [-0.15, -0.1) is 10.2 Å². The van der Waals surface area contributed by atoms with Gasteiger partial charge < -0.3 is 0 Å². The quantitative estimate of drug-likeness (QED) is 0.747. The van der Waals surface area contributed by atoms with Gasteiger partial charge in [0.15, 0.2) is 10.3 Å². The van der Waals surface area contributed by atoms with E-state index in [0.29, 0.717) is 10.3 Å². The molecule has 0 saturated heterocycles. The maximum atomic E-state index is 6.09. The fourth-order valence-electron chi connectivity index (χ4n) is 2.38. The summed E-state index contributed by atoms with van der Waals surface area (Å²) >= 11 is 12.0. The van der Waals surface area contributed by atoms with Gasteiger partial charge in [-0.25, -0.2) is 0 Å². The van der Waals surface area contributed by atoms with Crippen LogP contribution < -0.4 is 0 Å². The first kappa shape index (κ1) is 11.2. The zero-order valence-electron chi connectivity index (χ0n) is 8.76. The average molecular weight is 245 g/mol. The van der Waals surface area contributed by atoms with Crippen molar-refractivity contribution in [2.24, 2.45) is 0 Å². The first-order chi connectivity index (χ1) is 7.12. The van der Waals surface area contributed by atoms with Crippen molar-refractivity contribution in [1.82, 2.24) is 10.2 Å². The molecule has 0 amide bonds. The molecule has 0 bridgehead atoms. The summed E-state index contributed by atoms with van der Waals surface area (Å²) in [5.41, 5.74) is 1.19. The van der Waals surface area contributed by atoms with Gasteiger partial charge in [0, 0.05) is 5.56 Å². The summed E-state index contributed by atoms with van der Waals surface area (Å²) in [4.78, 5) is 0. The molecule has 2 rings (SSSR count). The van der Waals surface area contributed by atoms with Crippen LogP contribution in [-0.4, -0.2) is 10.2 Å². The molecular formula is C11H14Cl2N2. The molecule has 0 atom stereocenters. The highest BCUT2D eigenvalue weighted by Gasteiger charge is 2.31. The Hall–Kier alpha value is -0.340. The van der Waals surface area contributed by atoms with E-state index < -0.39 is 0 Å². The number of hydrogen-bond donors (Lipinski definition) is 0. The van der Waals surface area contributed by atoms with Crippen LogP contribution in [0.4, 0.5) is 0 Å². The number of halogens is 2. The molecule has 82 valence electrons. The van der Waals surface area contributed by atoms with Crippen LogP contribution in [0, 0.1) is 0 Å². The molecule has 1 aliphatic carbocycles. The lowest BCUT2D eigenvalue weighted by molar-refractivity contribution is 0.318. The Balaban J connectivity index is 2.38. The van der Waals surface area contributed by atoms with Crippen LogP contribution in [0.15, 0.2) is 6.07 Å². The van der Waals surface area contributed by atoms with Crippen LogP contribution in [-0.2, 0) is 5.41 Å². The monoisotopic (exact) mass is 244 g/mol. The highest BCUT2D eigenvalue weighted by atomic mass is 35.5. The Morgan fingerprint density at radius 1 is 1.13 bits per heavy atom. The molecule has 4 heteroatoms. The molecular weight excluding hydrogens is 231 g/mol. The van der Waals surface area contributed by atoms with E-state index in [0.717, 1.165) is 18.4 Å². The normalized spacial score (nSPS) is 20.2. The zero-order chi connectivity index (χ0) is 10.9. The Morgan fingerprint density at radius 2 is 1.80 bits per heavy atom. The summed E-state index contributed by atoms with van der Waals surface area (Å²) in [6.07, 6.45) is 6.16. The summed E-state index contributed by atoms with van der Waals surface area (Å²) in [6, 6.07) is 1.86. The molecule has 15 heavy (non-hydrogen) atoms.